The van der Waals surface area contributed by atoms with Crippen LogP contribution >= 0.6 is 0 Å². The summed E-state index contributed by atoms with van der Waals surface area (Å²) in [6, 6.07) is 8.72. The van der Waals surface area contributed by atoms with Gasteiger partial charge in [-0.15, -0.1) is 0 Å². The first-order chi connectivity index (χ1) is 11.3. The molecule has 0 spiro atoms. The number of morpholine rings is 1. The molecule has 128 valence electrons. The first-order valence-electron chi connectivity index (χ1n) is 8.66. The average Bonchev–Trinajstić information content (AvgIpc) is 2.58. The largest absolute Gasteiger partial charge is 0.379 e. The number of nitrogens with zero attached hydrogens (tertiary/aromatic N) is 2. The van der Waals surface area contributed by atoms with Gasteiger partial charge in [0.1, 0.15) is 0 Å². The molecule has 5 nitrogen and oxygen atoms in total. The zero-order chi connectivity index (χ0) is 16.3. The van der Waals surface area contributed by atoms with Crippen molar-refractivity contribution in [2.75, 3.05) is 52.5 Å². The predicted octanol–water partition coefficient (Wildman–Crippen LogP) is 1.42. The third-order valence-corrected chi connectivity index (χ3v) is 3.96. The number of benzene rings is 1. The molecule has 1 aliphatic rings. The molecule has 0 atom stereocenters. The summed E-state index contributed by atoms with van der Waals surface area (Å²) in [6.07, 6.45) is 1.01. The van der Waals surface area contributed by atoms with E-state index in [1.807, 2.05) is 0 Å². The Labute approximate surface area is 140 Å². The van der Waals surface area contributed by atoms with Crippen molar-refractivity contribution < 1.29 is 4.74 Å². The van der Waals surface area contributed by atoms with Crippen LogP contribution in [-0.2, 0) is 11.2 Å². The fraction of sp³-hybridized carbons (Fsp3) is 0.611. The Bertz CT molecular complexity index is 466. The zero-order valence-corrected chi connectivity index (χ0v) is 14.5. The molecule has 23 heavy (non-hydrogen) atoms. The van der Waals surface area contributed by atoms with E-state index in [1.165, 1.54) is 11.1 Å². The molecule has 2 rings (SSSR count). The maximum absolute atomic E-state index is 5.37. The Morgan fingerprint density at radius 3 is 2.61 bits per heavy atom. The molecule has 1 heterocycles. The van der Waals surface area contributed by atoms with Gasteiger partial charge in [0.15, 0.2) is 5.96 Å². The van der Waals surface area contributed by atoms with Gasteiger partial charge in [-0.05, 0) is 25.8 Å². The van der Waals surface area contributed by atoms with E-state index in [-0.39, 0.29) is 0 Å². The first kappa shape index (κ1) is 17.8. The minimum absolute atomic E-state index is 0.819. The highest BCUT2D eigenvalue weighted by Crippen LogP contribution is 2.03. The Kier molecular flexibility index (Phi) is 7.90. The lowest BCUT2D eigenvalue weighted by molar-refractivity contribution is 0.0394. The summed E-state index contributed by atoms with van der Waals surface area (Å²) in [5.74, 6) is 0.910. The summed E-state index contributed by atoms with van der Waals surface area (Å²) in [6.45, 7) is 11.5. The summed E-state index contributed by atoms with van der Waals surface area (Å²) in [4.78, 5) is 7.07. The molecule has 0 aliphatic carbocycles. The fourth-order valence-electron chi connectivity index (χ4n) is 2.55. The molecular formula is C18H30N4O. The van der Waals surface area contributed by atoms with Crippen molar-refractivity contribution in [2.45, 2.75) is 20.3 Å². The van der Waals surface area contributed by atoms with Crippen LogP contribution in [0.15, 0.2) is 29.3 Å². The van der Waals surface area contributed by atoms with Gasteiger partial charge < -0.3 is 15.4 Å². The molecule has 1 aliphatic heterocycles. The number of hydrogen-bond acceptors (Lipinski definition) is 3. The van der Waals surface area contributed by atoms with Crippen molar-refractivity contribution in [3.8, 4) is 0 Å². The van der Waals surface area contributed by atoms with Crippen LogP contribution in [0.25, 0.3) is 0 Å². The van der Waals surface area contributed by atoms with Crippen LogP contribution in [0.1, 0.15) is 18.1 Å². The third kappa shape index (κ3) is 7.01. The number of guanidine groups is 1. The highest BCUT2D eigenvalue weighted by molar-refractivity contribution is 5.79. The quantitative estimate of drug-likeness (QED) is 0.590. The smallest absolute Gasteiger partial charge is 0.191 e. The van der Waals surface area contributed by atoms with Gasteiger partial charge in [-0.2, -0.15) is 0 Å². The van der Waals surface area contributed by atoms with E-state index in [0.717, 1.165) is 64.9 Å². The van der Waals surface area contributed by atoms with Gasteiger partial charge in [0.2, 0.25) is 0 Å². The standard InChI is InChI=1S/C18H30N4O/c1-3-19-18(21-10-11-22-12-14-23-15-13-22)20-9-8-17-6-4-16(2)5-7-17/h4-7H,3,8-15H2,1-2H3,(H2,19,20,21). The van der Waals surface area contributed by atoms with Crippen LogP contribution < -0.4 is 10.6 Å². The fourth-order valence-corrected chi connectivity index (χ4v) is 2.55. The van der Waals surface area contributed by atoms with Crippen LogP contribution in [0.3, 0.4) is 0 Å². The molecule has 0 saturated carbocycles. The number of ether oxygens (including phenoxy) is 1. The monoisotopic (exact) mass is 318 g/mol. The lowest BCUT2D eigenvalue weighted by atomic mass is 10.1. The summed E-state index contributed by atoms with van der Waals surface area (Å²) in [5.41, 5.74) is 2.66. The van der Waals surface area contributed by atoms with Crippen LogP contribution in [0.2, 0.25) is 0 Å². The lowest BCUT2D eigenvalue weighted by Crippen LogP contribution is -2.40. The highest BCUT2D eigenvalue weighted by Gasteiger charge is 2.09. The molecule has 1 aromatic rings. The van der Waals surface area contributed by atoms with Gasteiger partial charge in [-0.3, -0.25) is 9.89 Å². The second kappa shape index (κ2) is 10.2. The summed E-state index contributed by atoms with van der Waals surface area (Å²) >= 11 is 0. The predicted molar refractivity (Wildman–Crippen MR) is 96.1 cm³/mol. The van der Waals surface area contributed by atoms with Crippen LogP contribution in [0, 0.1) is 6.92 Å². The van der Waals surface area contributed by atoms with Crippen molar-refractivity contribution in [3.63, 3.8) is 0 Å². The molecule has 0 bridgehead atoms. The molecule has 5 heteroatoms. The molecule has 1 saturated heterocycles. The van der Waals surface area contributed by atoms with Crippen molar-refractivity contribution in [1.29, 1.82) is 0 Å². The molecule has 0 aromatic heterocycles. The van der Waals surface area contributed by atoms with Gasteiger partial charge in [0.05, 0.1) is 19.8 Å². The van der Waals surface area contributed by atoms with Crippen molar-refractivity contribution >= 4 is 5.96 Å². The van der Waals surface area contributed by atoms with E-state index >= 15 is 0 Å². The number of rotatable bonds is 7. The Morgan fingerprint density at radius 1 is 1.17 bits per heavy atom. The topological polar surface area (TPSA) is 48.9 Å². The van der Waals surface area contributed by atoms with E-state index in [4.69, 9.17) is 4.74 Å². The second-order valence-electron chi connectivity index (χ2n) is 5.88. The van der Waals surface area contributed by atoms with Crippen LogP contribution in [0.5, 0.6) is 0 Å². The average molecular weight is 318 g/mol. The molecule has 2 N–H and O–H groups in total. The number of aryl methyl sites for hydroxylation is 1. The van der Waals surface area contributed by atoms with E-state index < -0.39 is 0 Å². The highest BCUT2D eigenvalue weighted by atomic mass is 16.5. The number of aliphatic imine (C=N–C) groups is 1. The number of hydrogen-bond donors (Lipinski definition) is 2. The molecule has 1 aromatic carbocycles. The molecule has 0 unspecified atom stereocenters. The summed E-state index contributed by atoms with van der Waals surface area (Å²) in [7, 11) is 0. The lowest BCUT2D eigenvalue weighted by Gasteiger charge is -2.25. The Balaban J connectivity index is 1.71. The zero-order valence-electron chi connectivity index (χ0n) is 14.5. The SMILES string of the molecule is CCNC(=NCCN1CCOCC1)NCCc1ccc(C)cc1. The molecule has 0 amide bonds. The van der Waals surface area contributed by atoms with Gasteiger partial charge in [0, 0.05) is 32.7 Å². The van der Waals surface area contributed by atoms with E-state index in [9.17, 15) is 0 Å². The maximum atomic E-state index is 5.37. The number of nitrogens with one attached hydrogen (secondary N) is 2. The van der Waals surface area contributed by atoms with Gasteiger partial charge in [-0.25, -0.2) is 0 Å². The minimum Gasteiger partial charge on any atom is -0.379 e. The molecule has 0 radical (unpaired) electrons. The second-order valence-corrected chi connectivity index (χ2v) is 5.88. The van der Waals surface area contributed by atoms with Crippen molar-refractivity contribution in [3.05, 3.63) is 35.4 Å². The molecular weight excluding hydrogens is 288 g/mol. The van der Waals surface area contributed by atoms with Gasteiger partial charge in [-0.1, -0.05) is 29.8 Å². The van der Waals surface area contributed by atoms with Crippen LogP contribution in [-0.4, -0.2) is 63.3 Å². The van der Waals surface area contributed by atoms with E-state index in [2.05, 4.69) is 58.6 Å². The van der Waals surface area contributed by atoms with Gasteiger partial charge in [0.25, 0.3) is 0 Å². The Hall–Kier alpha value is -1.59. The van der Waals surface area contributed by atoms with Crippen molar-refractivity contribution in [1.82, 2.24) is 15.5 Å². The first-order valence-corrected chi connectivity index (χ1v) is 8.66. The third-order valence-electron chi connectivity index (χ3n) is 3.96. The Morgan fingerprint density at radius 2 is 1.91 bits per heavy atom. The normalized spacial score (nSPS) is 16.3. The molecule has 1 fully saturated rings. The summed E-state index contributed by atoms with van der Waals surface area (Å²) < 4.78 is 5.37. The summed E-state index contributed by atoms with van der Waals surface area (Å²) in [5, 5.41) is 6.73. The van der Waals surface area contributed by atoms with Crippen LogP contribution in [0.4, 0.5) is 0 Å². The maximum Gasteiger partial charge on any atom is 0.191 e. The van der Waals surface area contributed by atoms with Crippen molar-refractivity contribution in [2.24, 2.45) is 4.99 Å². The minimum atomic E-state index is 0.819. The van der Waals surface area contributed by atoms with E-state index in [0.29, 0.717) is 0 Å². The van der Waals surface area contributed by atoms with E-state index in [1.54, 1.807) is 0 Å². The van der Waals surface area contributed by atoms with Gasteiger partial charge >= 0.3 is 0 Å².